The van der Waals surface area contributed by atoms with Gasteiger partial charge < -0.3 is 10.2 Å². The number of hydrogen-bond donors (Lipinski definition) is 1. The Labute approximate surface area is 151 Å². The van der Waals surface area contributed by atoms with Crippen molar-refractivity contribution in [1.29, 1.82) is 0 Å². The summed E-state index contributed by atoms with van der Waals surface area (Å²) in [6.07, 6.45) is 2.99. The highest BCUT2D eigenvalue weighted by Crippen LogP contribution is 2.31. The van der Waals surface area contributed by atoms with Gasteiger partial charge in [0, 0.05) is 37.2 Å². The largest absolute Gasteiger partial charge is 0.366 e. The molecule has 2 aromatic rings. The van der Waals surface area contributed by atoms with E-state index in [1.165, 1.54) is 6.07 Å². The Balaban J connectivity index is 1.63. The van der Waals surface area contributed by atoms with E-state index in [1.54, 1.807) is 35.1 Å². The normalized spacial score (nSPS) is 15.3. The summed E-state index contributed by atoms with van der Waals surface area (Å²) in [6.45, 7) is 5.25. The molecule has 0 spiro atoms. The number of nitrogens with one attached hydrogen (secondary N) is 1. The molecule has 1 fully saturated rings. The molecule has 0 atom stereocenters. The maximum Gasteiger partial charge on any atom is 0.292 e. The Morgan fingerprint density at radius 2 is 1.96 bits per heavy atom. The molecule has 1 N–H and O–H groups in total. The van der Waals surface area contributed by atoms with Crippen molar-refractivity contribution in [3.8, 4) is 0 Å². The van der Waals surface area contributed by atoms with E-state index in [9.17, 15) is 14.9 Å². The minimum absolute atomic E-state index is 0.0189. The van der Waals surface area contributed by atoms with Crippen LogP contribution in [0.1, 0.15) is 32.7 Å². The van der Waals surface area contributed by atoms with Crippen LogP contribution in [-0.4, -0.2) is 33.7 Å². The van der Waals surface area contributed by atoms with E-state index in [2.05, 4.69) is 10.4 Å². The van der Waals surface area contributed by atoms with Crippen LogP contribution >= 0.6 is 0 Å². The fourth-order valence-electron chi connectivity index (χ4n) is 3.32. The predicted octanol–water partition coefficient (Wildman–Crippen LogP) is 3.23. The number of carbonyl (C=O) groups excluding carboxylic acids is 1. The average Bonchev–Trinajstić information content (AvgIpc) is 3.10. The monoisotopic (exact) mass is 357 g/mol. The van der Waals surface area contributed by atoms with E-state index in [4.69, 9.17) is 0 Å². The Bertz CT molecular complexity index is 794. The number of amides is 1. The second-order valence-electron chi connectivity index (χ2n) is 6.75. The number of benzene rings is 1. The topological polar surface area (TPSA) is 93.3 Å². The minimum atomic E-state index is -0.360. The zero-order chi connectivity index (χ0) is 18.7. The van der Waals surface area contributed by atoms with Crippen LogP contribution in [0.25, 0.3) is 0 Å². The number of carbonyl (C=O) groups is 1. The number of nitro groups is 1. The maximum absolute atomic E-state index is 12.6. The standard InChI is InChI=1S/C18H23N5O3/c1-13(2)22-17(7-10-19-22)20-18(24)14-8-11-21(12-9-14)15-5-3-4-6-16(15)23(25)26/h3-7,10,13-14H,8-9,11-12H2,1-2H3,(H,20,24). The summed E-state index contributed by atoms with van der Waals surface area (Å²) in [5, 5.41) is 18.4. The number of hydrogen-bond acceptors (Lipinski definition) is 5. The van der Waals surface area contributed by atoms with Crippen LogP contribution in [-0.2, 0) is 4.79 Å². The van der Waals surface area contributed by atoms with Gasteiger partial charge in [0.25, 0.3) is 5.69 Å². The van der Waals surface area contributed by atoms with Gasteiger partial charge in [-0.3, -0.25) is 14.9 Å². The van der Waals surface area contributed by atoms with E-state index in [1.807, 2.05) is 18.7 Å². The highest BCUT2D eigenvalue weighted by molar-refractivity contribution is 5.92. The second-order valence-corrected chi connectivity index (χ2v) is 6.75. The van der Waals surface area contributed by atoms with Gasteiger partial charge in [-0.05, 0) is 32.8 Å². The van der Waals surface area contributed by atoms with Crippen molar-refractivity contribution in [2.24, 2.45) is 5.92 Å². The lowest BCUT2D eigenvalue weighted by Crippen LogP contribution is -2.38. The molecule has 1 aliphatic rings. The minimum Gasteiger partial charge on any atom is -0.366 e. The third-order valence-corrected chi connectivity index (χ3v) is 4.70. The fourth-order valence-corrected chi connectivity index (χ4v) is 3.32. The van der Waals surface area contributed by atoms with Crippen molar-refractivity contribution in [3.05, 3.63) is 46.6 Å². The SMILES string of the molecule is CC(C)n1nccc1NC(=O)C1CCN(c2ccccc2[N+](=O)[O-])CC1. The Kier molecular flexibility index (Phi) is 5.20. The third kappa shape index (κ3) is 3.68. The predicted molar refractivity (Wildman–Crippen MR) is 99.3 cm³/mol. The number of nitro benzene ring substituents is 1. The first-order valence-electron chi connectivity index (χ1n) is 8.80. The van der Waals surface area contributed by atoms with Crippen LogP contribution in [0.5, 0.6) is 0 Å². The van der Waals surface area contributed by atoms with Gasteiger partial charge in [-0.25, -0.2) is 4.68 Å². The van der Waals surface area contributed by atoms with Crippen molar-refractivity contribution >= 4 is 23.1 Å². The highest BCUT2D eigenvalue weighted by atomic mass is 16.6. The Morgan fingerprint density at radius 1 is 1.27 bits per heavy atom. The molecular formula is C18H23N5O3. The van der Waals surface area contributed by atoms with Crippen molar-refractivity contribution in [1.82, 2.24) is 9.78 Å². The van der Waals surface area contributed by atoms with E-state index < -0.39 is 0 Å². The van der Waals surface area contributed by atoms with Crippen molar-refractivity contribution in [3.63, 3.8) is 0 Å². The summed E-state index contributed by atoms with van der Waals surface area (Å²) in [6, 6.07) is 8.70. The summed E-state index contributed by atoms with van der Waals surface area (Å²) < 4.78 is 1.78. The average molecular weight is 357 g/mol. The molecule has 1 aromatic carbocycles. The molecule has 1 aromatic heterocycles. The van der Waals surface area contributed by atoms with Crippen molar-refractivity contribution in [2.45, 2.75) is 32.7 Å². The van der Waals surface area contributed by atoms with Crippen LogP contribution < -0.4 is 10.2 Å². The van der Waals surface area contributed by atoms with Crippen LogP contribution in [0, 0.1) is 16.0 Å². The van der Waals surface area contributed by atoms with Gasteiger partial charge in [-0.2, -0.15) is 5.10 Å². The molecule has 0 aliphatic carbocycles. The molecule has 1 aliphatic heterocycles. The first-order chi connectivity index (χ1) is 12.5. The number of rotatable bonds is 5. The van der Waals surface area contributed by atoms with Crippen LogP contribution in [0.2, 0.25) is 0 Å². The molecule has 0 bridgehead atoms. The molecule has 1 saturated heterocycles. The van der Waals surface area contributed by atoms with E-state index in [-0.39, 0.29) is 28.5 Å². The zero-order valence-electron chi connectivity index (χ0n) is 15.0. The number of para-hydroxylation sites is 2. The summed E-state index contributed by atoms with van der Waals surface area (Å²) in [5.74, 6) is 0.574. The van der Waals surface area contributed by atoms with E-state index >= 15 is 0 Å². The number of nitrogens with zero attached hydrogens (tertiary/aromatic N) is 4. The summed E-state index contributed by atoms with van der Waals surface area (Å²) in [5.41, 5.74) is 0.727. The number of anilines is 2. The number of aromatic nitrogens is 2. The molecule has 0 saturated carbocycles. The van der Waals surface area contributed by atoms with E-state index in [0.717, 1.165) is 0 Å². The Morgan fingerprint density at radius 3 is 2.62 bits per heavy atom. The smallest absolute Gasteiger partial charge is 0.292 e. The van der Waals surface area contributed by atoms with Crippen LogP contribution in [0.3, 0.4) is 0 Å². The van der Waals surface area contributed by atoms with Gasteiger partial charge in [-0.15, -0.1) is 0 Å². The second kappa shape index (κ2) is 7.55. The molecule has 138 valence electrons. The lowest BCUT2D eigenvalue weighted by atomic mass is 9.95. The molecule has 3 rings (SSSR count). The zero-order valence-corrected chi connectivity index (χ0v) is 15.0. The van der Waals surface area contributed by atoms with Gasteiger partial charge in [0.1, 0.15) is 11.5 Å². The van der Waals surface area contributed by atoms with Gasteiger partial charge >= 0.3 is 0 Å². The number of piperidine rings is 1. The lowest BCUT2D eigenvalue weighted by molar-refractivity contribution is -0.384. The summed E-state index contributed by atoms with van der Waals surface area (Å²) >= 11 is 0. The highest BCUT2D eigenvalue weighted by Gasteiger charge is 2.28. The van der Waals surface area contributed by atoms with Crippen molar-refractivity contribution < 1.29 is 9.72 Å². The molecule has 2 heterocycles. The first-order valence-corrected chi connectivity index (χ1v) is 8.80. The lowest BCUT2D eigenvalue weighted by Gasteiger charge is -2.32. The van der Waals surface area contributed by atoms with Crippen molar-refractivity contribution in [2.75, 3.05) is 23.3 Å². The van der Waals surface area contributed by atoms with Gasteiger partial charge in [-0.1, -0.05) is 12.1 Å². The molecule has 8 heteroatoms. The summed E-state index contributed by atoms with van der Waals surface area (Å²) in [4.78, 5) is 25.4. The van der Waals surface area contributed by atoms with E-state index in [0.29, 0.717) is 37.4 Å². The molecule has 0 unspecified atom stereocenters. The van der Waals surface area contributed by atoms with Gasteiger partial charge in [0.15, 0.2) is 0 Å². The van der Waals surface area contributed by atoms with Gasteiger partial charge in [0.05, 0.1) is 11.1 Å². The molecule has 0 radical (unpaired) electrons. The molecular weight excluding hydrogens is 334 g/mol. The Hall–Kier alpha value is -2.90. The first kappa shape index (κ1) is 17.9. The van der Waals surface area contributed by atoms with Gasteiger partial charge in [0.2, 0.25) is 5.91 Å². The molecule has 1 amide bonds. The molecule has 26 heavy (non-hydrogen) atoms. The maximum atomic E-state index is 12.6. The quantitative estimate of drug-likeness (QED) is 0.655. The van der Waals surface area contributed by atoms with Crippen LogP contribution in [0.4, 0.5) is 17.2 Å². The van der Waals surface area contributed by atoms with Crippen LogP contribution in [0.15, 0.2) is 36.5 Å². The summed E-state index contributed by atoms with van der Waals surface area (Å²) in [7, 11) is 0. The third-order valence-electron chi connectivity index (χ3n) is 4.70. The molecule has 8 nitrogen and oxygen atoms in total. The fraction of sp³-hybridized carbons (Fsp3) is 0.444.